The fourth-order valence-electron chi connectivity index (χ4n) is 2.07. The van der Waals surface area contributed by atoms with Crippen LogP contribution < -0.4 is 24.5 Å². The Morgan fingerprint density at radius 1 is 0.857 bits per heavy atom. The van der Waals surface area contributed by atoms with Gasteiger partial charge in [0.1, 0.15) is 0 Å². The maximum atomic E-state index is 6.04. The molecule has 0 radical (unpaired) electrons. The average molecular weight is 287 g/mol. The number of hydrogen-bond acceptors (Lipinski definition) is 4. The summed E-state index contributed by atoms with van der Waals surface area (Å²) >= 11 is 0. The third-order valence-corrected chi connectivity index (χ3v) is 2.65. The summed E-state index contributed by atoms with van der Waals surface area (Å²) in [5, 5.41) is 0. The third kappa shape index (κ3) is 6.54. The van der Waals surface area contributed by atoms with Gasteiger partial charge in [0.25, 0.3) is 0 Å². The Bertz CT molecular complexity index is 383. The fourth-order valence-corrected chi connectivity index (χ4v) is 2.07. The second-order valence-corrected chi connectivity index (χ2v) is 5.96. The number of aromatic nitrogens is 1. The van der Waals surface area contributed by atoms with E-state index in [0.717, 1.165) is 5.56 Å². The van der Waals surface area contributed by atoms with Crippen molar-refractivity contribution >= 4 is 12.3 Å². The molecule has 1 aromatic heterocycles. The molecule has 6 heteroatoms. The summed E-state index contributed by atoms with van der Waals surface area (Å²) in [6.07, 6.45) is 1.75. The molecule has 1 rings (SSSR count). The molecule has 0 aromatic carbocycles. The second kappa shape index (κ2) is 8.97. The molecule has 0 N–H and O–H groups in total. The van der Waals surface area contributed by atoms with Crippen LogP contribution in [0.4, 0.5) is 0 Å². The van der Waals surface area contributed by atoms with E-state index in [1.54, 1.807) is 0 Å². The van der Waals surface area contributed by atoms with Crippen LogP contribution in [0, 0.1) is 6.92 Å². The van der Waals surface area contributed by atoms with Crippen molar-refractivity contribution in [1.29, 1.82) is 0 Å². The van der Waals surface area contributed by atoms with Crippen LogP contribution in [-0.2, 0) is 14.0 Å². The number of hydrogen-bond donors (Lipinski definition) is 0. The predicted octanol–water partition coefficient (Wildman–Crippen LogP) is -0.185. The zero-order valence-electron chi connectivity index (χ0n) is 14.7. The molecule has 21 heavy (non-hydrogen) atoms. The van der Waals surface area contributed by atoms with Crippen LogP contribution in [-0.4, -0.2) is 30.1 Å². The summed E-state index contributed by atoms with van der Waals surface area (Å²) in [6, 6.07) is 3.92. The number of nitrogens with zero attached hydrogens (tertiary/aromatic N) is 1. The molecule has 4 nitrogen and oxygen atoms in total. The molecule has 0 aliphatic carbocycles. The largest absolute Gasteiger partial charge is 1.00 e. The van der Waals surface area contributed by atoms with E-state index in [1.807, 2.05) is 66.8 Å². The van der Waals surface area contributed by atoms with Gasteiger partial charge in [0, 0.05) is 24.5 Å². The Balaban J connectivity index is 0.00000400. The fraction of sp³-hybridized carbons (Fsp3) is 0.667. The van der Waals surface area contributed by atoms with Gasteiger partial charge in [-0.1, -0.05) is 12.1 Å². The first kappa shape index (κ1) is 20.7. The zero-order valence-corrected chi connectivity index (χ0v) is 14.7. The molecule has 0 aliphatic heterocycles. The van der Waals surface area contributed by atoms with Crippen LogP contribution in [0.25, 0.3) is 0 Å². The number of rotatable bonds is 7. The van der Waals surface area contributed by atoms with Gasteiger partial charge in [-0.25, -0.2) is 0 Å². The van der Waals surface area contributed by atoms with Crippen molar-refractivity contribution in [3.63, 3.8) is 0 Å². The number of aryl methyl sites for hydroxylation is 1. The molecule has 0 saturated heterocycles. The molecule has 114 valence electrons. The molecular weight excluding hydrogens is 260 g/mol. The van der Waals surface area contributed by atoms with Crippen molar-refractivity contribution in [2.75, 3.05) is 0 Å². The first-order valence-electron chi connectivity index (χ1n) is 7.35. The molecule has 0 bridgehead atoms. The van der Waals surface area contributed by atoms with E-state index >= 15 is 0 Å². The molecule has 0 aliphatic rings. The summed E-state index contributed by atoms with van der Waals surface area (Å²) < 4.78 is 18.1. The van der Waals surface area contributed by atoms with Gasteiger partial charge in [-0.2, -0.15) is 0 Å². The van der Waals surface area contributed by atoms with E-state index < -0.39 is 6.75 Å². The maximum absolute atomic E-state index is 6.04. The molecule has 0 amide bonds. The molecular formula is C15H27BLiNO3. The average Bonchev–Trinajstić information content (AvgIpc) is 2.26. The molecule has 0 atom stereocenters. The number of pyridine rings is 1. The molecule has 1 aromatic rings. The van der Waals surface area contributed by atoms with Gasteiger partial charge in [0.05, 0.1) is 0 Å². The van der Waals surface area contributed by atoms with Crippen molar-refractivity contribution < 1.29 is 32.8 Å². The Labute approximate surface area is 141 Å². The van der Waals surface area contributed by atoms with E-state index in [9.17, 15) is 0 Å². The predicted molar refractivity (Wildman–Crippen MR) is 83.0 cm³/mol. The van der Waals surface area contributed by atoms with Gasteiger partial charge in [0.2, 0.25) is 0 Å². The summed E-state index contributed by atoms with van der Waals surface area (Å²) in [7, 11) is 0. The molecule has 0 spiro atoms. The van der Waals surface area contributed by atoms with Crippen LogP contribution in [0.1, 0.15) is 47.1 Å². The van der Waals surface area contributed by atoms with E-state index in [4.69, 9.17) is 14.0 Å². The first-order chi connectivity index (χ1) is 9.25. The van der Waals surface area contributed by atoms with Crippen LogP contribution in [0.3, 0.4) is 0 Å². The topological polar surface area (TPSA) is 40.6 Å². The molecule has 1 heterocycles. The van der Waals surface area contributed by atoms with Crippen molar-refractivity contribution in [3.05, 3.63) is 23.9 Å². The van der Waals surface area contributed by atoms with Crippen LogP contribution >= 0.6 is 0 Å². The van der Waals surface area contributed by atoms with Crippen LogP contribution in [0.15, 0.2) is 18.3 Å². The quantitative estimate of drug-likeness (QED) is 0.652. The monoisotopic (exact) mass is 287 g/mol. The van der Waals surface area contributed by atoms with Crippen molar-refractivity contribution in [2.24, 2.45) is 0 Å². The van der Waals surface area contributed by atoms with Gasteiger partial charge >= 0.3 is 25.6 Å². The summed E-state index contributed by atoms with van der Waals surface area (Å²) in [4.78, 5) is 4.46. The minimum absolute atomic E-state index is 0. The minimum atomic E-state index is -2.04. The van der Waals surface area contributed by atoms with E-state index in [1.165, 1.54) is 0 Å². The van der Waals surface area contributed by atoms with Gasteiger partial charge in [0.15, 0.2) is 0 Å². The Morgan fingerprint density at radius 2 is 1.29 bits per heavy atom. The van der Waals surface area contributed by atoms with Gasteiger partial charge in [-0.05, 0) is 59.6 Å². The van der Waals surface area contributed by atoms with E-state index in [-0.39, 0.29) is 37.2 Å². The maximum Gasteiger partial charge on any atom is 1.00 e. The standard InChI is InChI=1S/C15H27BNO3.Li/c1-11(2)18-16(19-12(3)4,20-13(5)6)15-9-8-14(7)10-17-15;/h8-13H,1-7H3;/q-1;+1. The van der Waals surface area contributed by atoms with Crippen molar-refractivity contribution in [2.45, 2.75) is 66.8 Å². The molecule has 0 fully saturated rings. The smallest absolute Gasteiger partial charge is 0.538 e. The summed E-state index contributed by atoms with van der Waals surface area (Å²) in [5.74, 6) is 0. The van der Waals surface area contributed by atoms with Crippen molar-refractivity contribution in [3.8, 4) is 0 Å². The van der Waals surface area contributed by atoms with Crippen molar-refractivity contribution in [1.82, 2.24) is 4.98 Å². The van der Waals surface area contributed by atoms with Gasteiger partial charge in [-0.15, -0.1) is 0 Å². The summed E-state index contributed by atoms with van der Waals surface area (Å²) in [6.45, 7) is 11.8. The van der Waals surface area contributed by atoms with E-state index in [0.29, 0.717) is 5.59 Å². The van der Waals surface area contributed by atoms with E-state index in [2.05, 4.69) is 4.98 Å². The Kier molecular flexibility index (Phi) is 8.84. The third-order valence-electron chi connectivity index (χ3n) is 2.65. The van der Waals surface area contributed by atoms with Crippen LogP contribution in [0.5, 0.6) is 0 Å². The zero-order chi connectivity index (χ0) is 15.3. The van der Waals surface area contributed by atoms with Crippen LogP contribution in [0.2, 0.25) is 0 Å². The molecule has 0 unspecified atom stereocenters. The normalized spacial score (nSPS) is 12.1. The summed E-state index contributed by atoms with van der Waals surface area (Å²) in [5.41, 5.74) is 1.80. The van der Waals surface area contributed by atoms with Gasteiger partial charge in [-0.3, -0.25) is 4.98 Å². The second-order valence-electron chi connectivity index (χ2n) is 5.96. The Hall–Kier alpha value is -0.308. The Morgan fingerprint density at radius 3 is 1.57 bits per heavy atom. The first-order valence-corrected chi connectivity index (χ1v) is 7.35. The minimum Gasteiger partial charge on any atom is -0.538 e. The molecule has 0 saturated carbocycles. The van der Waals surface area contributed by atoms with Gasteiger partial charge < -0.3 is 14.0 Å². The SMILES string of the molecule is Cc1ccc([B-](OC(C)C)(OC(C)C)OC(C)C)nc1.[Li+].